The van der Waals surface area contributed by atoms with Crippen LogP contribution >= 0.6 is 0 Å². The molecule has 1 saturated heterocycles. The molecule has 2 aliphatic rings. The van der Waals surface area contributed by atoms with Gasteiger partial charge in [-0.1, -0.05) is 0 Å². The van der Waals surface area contributed by atoms with Gasteiger partial charge in [0.2, 0.25) is 5.43 Å². The number of aromatic nitrogens is 1. The summed E-state index contributed by atoms with van der Waals surface area (Å²) in [6.07, 6.45) is 3.74. The molecule has 1 aliphatic carbocycles. The number of fused-ring (bicyclic) bond motifs is 1. The Morgan fingerprint density at radius 2 is 1.93 bits per heavy atom. The monoisotopic (exact) mass is 399 g/mol. The van der Waals surface area contributed by atoms with Crippen LogP contribution in [0.15, 0.2) is 23.1 Å². The molecule has 4 rings (SSSR count). The first-order chi connectivity index (χ1) is 14.0. The number of esters is 1. The highest BCUT2D eigenvalue weighted by Crippen LogP contribution is 2.39. The van der Waals surface area contributed by atoms with Gasteiger partial charge in [-0.15, -0.1) is 0 Å². The van der Waals surface area contributed by atoms with Crippen molar-refractivity contribution in [1.29, 1.82) is 0 Å². The van der Waals surface area contributed by atoms with Crippen LogP contribution in [-0.2, 0) is 4.74 Å². The van der Waals surface area contributed by atoms with Crippen molar-refractivity contribution in [2.75, 3.05) is 56.5 Å². The molecule has 1 saturated carbocycles. The van der Waals surface area contributed by atoms with E-state index in [1.807, 2.05) is 6.07 Å². The van der Waals surface area contributed by atoms with Gasteiger partial charge in [-0.3, -0.25) is 9.69 Å². The zero-order valence-corrected chi connectivity index (χ0v) is 16.9. The molecule has 2 fully saturated rings. The second kappa shape index (κ2) is 8.04. The van der Waals surface area contributed by atoms with Crippen molar-refractivity contribution in [2.45, 2.75) is 25.8 Å². The summed E-state index contributed by atoms with van der Waals surface area (Å²) in [5, 5.41) is 0.477. The number of nitrogen functional groups attached to an aromatic ring is 1. The van der Waals surface area contributed by atoms with Gasteiger partial charge in [-0.2, -0.15) is 0 Å². The minimum atomic E-state index is -0.576. The van der Waals surface area contributed by atoms with Crippen molar-refractivity contribution < 1.29 is 9.53 Å². The Morgan fingerprint density at radius 3 is 2.55 bits per heavy atom. The lowest BCUT2D eigenvalue weighted by molar-refractivity contribution is 0.0524. The van der Waals surface area contributed by atoms with Crippen LogP contribution in [-0.4, -0.2) is 61.3 Å². The van der Waals surface area contributed by atoms with Crippen LogP contribution in [0.3, 0.4) is 0 Å². The van der Waals surface area contributed by atoms with Gasteiger partial charge in [0, 0.05) is 56.9 Å². The molecule has 8 heteroatoms. The average molecular weight is 399 g/mol. The second-order valence-corrected chi connectivity index (χ2v) is 7.78. The normalized spacial score (nSPS) is 17.7. The molecule has 0 atom stereocenters. The highest BCUT2D eigenvalue weighted by atomic mass is 16.5. The van der Waals surface area contributed by atoms with Crippen LogP contribution < -0.4 is 21.8 Å². The lowest BCUT2D eigenvalue weighted by Crippen LogP contribution is -2.48. The smallest absolute Gasteiger partial charge is 0.343 e. The lowest BCUT2D eigenvalue weighted by Gasteiger charge is -2.36. The third-order valence-corrected chi connectivity index (χ3v) is 5.77. The Kier molecular flexibility index (Phi) is 5.47. The highest BCUT2D eigenvalue weighted by molar-refractivity contribution is 5.96. The summed E-state index contributed by atoms with van der Waals surface area (Å²) in [4.78, 5) is 29.9. The Morgan fingerprint density at radius 1 is 1.21 bits per heavy atom. The summed E-state index contributed by atoms with van der Waals surface area (Å²) in [5.74, 6) is -0.576. The molecular weight excluding hydrogens is 370 g/mol. The zero-order valence-electron chi connectivity index (χ0n) is 16.9. The number of piperazine rings is 1. The van der Waals surface area contributed by atoms with Crippen molar-refractivity contribution in [1.82, 2.24) is 9.47 Å². The fraction of sp³-hybridized carbons (Fsp3) is 0.524. The molecule has 4 N–H and O–H groups in total. The van der Waals surface area contributed by atoms with E-state index < -0.39 is 5.97 Å². The van der Waals surface area contributed by atoms with Crippen LogP contribution in [0, 0.1) is 0 Å². The van der Waals surface area contributed by atoms with E-state index in [4.69, 9.17) is 16.2 Å². The fourth-order valence-electron chi connectivity index (χ4n) is 4.08. The highest BCUT2D eigenvalue weighted by Gasteiger charge is 2.28. The summed E-state index contributed by atoms with van der Waals surface area (Å²) < 4.78 is 7.14. The van der Waals surface area contributed by atoms with Gasteiger partial charge >= 0.3 is 5.97 Å². The standard InChI is InChI=1S/C21H29N5O3/c1-2-29-21(28)16-13-26(14-3-4-14)18-12-19(17(23)11-15(18)20(16)27)25-9-7-24(6-5-22)8-10-25/h11-14H,2-10,22-23H2,1H3. The lowest BCUT2D eigenvalue weighted by atomic mass is 10.1. The Hall–Kier alpha value is -2.58. The van der Waals surface area contributed by atoms with Crippen LogP contribution in [0.1, 0.15) is 36.2 Å². The molecule has 0 amide bonds. The number of hydrogen-bond donors (Lipinski definition) is 2. The van der Waals surface area contributed by atoms with Gasteiger partial charge in [0.1, 0.15) is 5.56 Å². The van der Waals surface area contributed by atoms with Crippen LogP contribution in [0.4, 0.5) is 11.4 Å². The van der Waals surface area contributed by atoms with Crippen molar-refractivity contribution in [3.05, 3.63) is 34.1 Å². The van der Waals surface area contributed by atoms with Gasteiger partial charge in [-0.25, -0.2) is 4.79 Å². The molecule has 0 spiro atoms. The van der Waals surface area contributed by atoms with Crippen molar-refractivity contribution in [3.63, 3.8) is 0 Å². The largest absolute Gasteiger partial charge is 0.462 e. The molecule has 8 nitrogen and oxygen atoms in total. The molecule has 156 valence electrons. The molecular formula is C21H29N5O3. The summed E-state index contributed by atoms with van der Waals surface area (Å²) in [6.45, 7) is 7.13. The molecule has 29 heavy (non-hydrogen) atoms. The Labute approximate surface area is 170 Å². The zero-order chi connectivity index (χ0) is 20.5. The summed E-state index contributed by atoms with van der Waals surface area (Å²) >= 11 is 0. The quantitative estimate of drug-likeness (QED) is 0.555. The van der Waals surface area contributed by atoms with E-state index in [1.165, 1.54) is 0 Å². The van der Waals surface area contributed by atoms with E-state index in [9.17, 15) is 9.59 Å². The molecule has 0 radical (unpaired) electrons. The predicted molar refractivity (Wildman–Crippen MR) is 115 cm³/mol. The van der Waals surface area contributed by atoms with E-state index in [1.54, 1.807) is 19.2 Å². The van der Waals surface area contributed by atoms with Crippen molar-refractivity contribution in [3.8, 4) is 0 Å². The van der Waals surface area contributed by atoms with Crippen LogP contribution in [0.25, 0.3) is 10.9 Å². The third-order valence-electron chi connectivity index (χ3n) is 5.77. The third kappa shape index (κ3) is 3.82. The first kappa shape index (κ1) is 19.7. The minimum Gasteiger partial charge on any atom is -0.462 e. The number of nitrogens with zero attached hydrogens (tertiary/aromatic N) is 3. The average Bonchev–Trinajstić information content (AvgIpc) is 3.55. The second-order valence-electron chi connectivity index (χ2n) is 7.78. The number of hydrogen-bond acceptors (Lipinski definition) is 7. The molecule has 1 aliphatic heterocycles. The van der Waals surface area contributed by atoms with Gasteiger partial charge in [-0.05, 0) is 31.9 Å². The Bertz CT molecular complexity index is 974. The predicted octanol–water partition coefficient (Wildman–Crippen LogP) is 1.18. The topological polar surface area (TPSA) is 107 Å². The number of benzene rings is 1. The fourth-order valence-corrected chi connectivity index (χ4v) is 4.08. The van der Waals surface area contributed by atoms with E-state index >= 15 is 0 Å². The first-order valence-corrected chi connectivity index (χ1v) is 10.4. The maximum Gasteiger partial charge on any atom is 0.343 e. The summed E-state index contributed by atoms with van der Waals surface area (Å²) in [7, 11) is 0. The molecule has 1 aromatic carbocycles. The Balaban J connectivity index is 1.75. The van der Waals surface area contributed by atoms with E-state index in [-0.39, 0.29) is 17.6 Å². The number of pyridine rings is 1. The number of rotatable bonds is 6. The molecule has 0 bridgehead atoms. The number of carbonyl (C=O) groups is 1. The van der Waals surface area contributed by atoms with E-state index in [0.29, 0.717) is 23.7 Å². The van der Waals surface area contributed by atoms with Crippen molar-refractivity contribution >= 4 is 28.2 Å². The first-order valence-electron chi connectivity index (χ1n) is 10.4. The SMILES string of the molecule is CCOC(=O)c1cn(C2CC2)c2cc(N3CCN(CCN)CC3)c(N)cc2c1=O. The van der Waals surface area contributed by atoms with Gasteiger partial charge in [0.25, 0.3) is 0 Å². The number of carbonyl (C=O) groups excluding carboxylic acids is 1. The summed E-state index contributed by atoms with van der Waals surface area (Å²) in [6, 6.07) is 4.04. The molecule has 0 unspecified atom stereocenters. The molecule has 1 aromatic heterocycles. The maximum atomic E-state index is 13.0. The van der Waals surface area contributed by atoms with E-state index in [0.717, 1.165) is 56.8 Å². The molecule has 2 aromatic rings. The van der Waals surface area contributed by atoms with E-state index in [2.05, 4.69) is 14.4 Å². The number of ether oxygens (including phenoxy) is 1. The van der Waals surface area contributed by atoms with Gasteiger partial charge < -0.3 is 25.7 Å². The van der Waals surface area contributed by atoms with Crippen LogP contribution in [0.5, 0.6) is 0 Å². The molecule has 2 heterocycles. The van der Waals surface area contributed by atoms with Crippen LogP contribution in [0.2, 0.25) is 0 Å². The number of anilines is 2. The summed E-state index contributed by atoms with van der Waals surface area (Å²) in [5.41, 5.74) is 14.1. The minimum absolute atomic E-state index is 0.0776. The number of nitrogens with two attached hydrogens (primary N) is 2. The van der Waals surface area contributed by atoms with Gasteiger partial charge in [0.15, 0.2) is 0 Å². The maximum absolute atomic E-state index is 13.0. The van der Waals surface area contributed by atoms with Gasteiger partial charge in [0.05, 0.1) is 23.5 Å². The van der Waals surface area contributed by atoms with Crippen molar-refractivity contribution in [2.24, 2.45) is 5.73 Å².